The van der Waals surface area contributed by atoms with Gasteiger partial charge in [0.25, 0.3) is 0 Å². The monoisotopic (exact) mass is 614 g/mol. The second-order valence-electron chi connectivity index (χ2n) is 10.8. The highest BCUT2D eigenvalue weighted by molar-refractivity contribution is 7.10. The largest absolute Gasteiger partial charge is 0.312 e. The molecule has 0 atom stereocenters. The van der Waals surface area contributed by atoms with Crippen LogP contribution < -0.4 is 9.80 Å². The van der Waals surface area contributed by atoms with Gasteiger partial charge in [-0.2, -0.15) is 5.26 Å². The van der Waals surface area contributed by atoms with E-state index in [9.17, 15) is 14.9 Å². The minimum atomic E-state index is -1.45. The number of hydrogen-bond donors (Lipinski definition) is 0. The fourth-order valence-electron chi connectivity index (χ4n) is 5.91. The van der Waals surface area contributed by atoms with Gasteiger partial charge >= 0.3 is 0 Å². The molecule has 212 valence electrons. The average Bonchev–Trinajstić information content (AvgIpc) is 3.52. The van der Waals surface area contributed by atoms with Crippen molar-refractivity contribution in [3.8, 4) is 17.3 Å². The number of anilines is 2. The smallest absolute Gasteiger partial charge is 0.229 e. The van der Waals surface area contributed by atoms with Crippen LogP contribution in [-0.2, 0) is 27.8 Å². The number of aryl methyl sites for hydroxylation is 2. The van der Waals surface area contributed by atoms with Crippen LogP contribution in [0.2, 0.25) is 10.0 Å². The summed E-state index contributed by atoms with van der Waals surface area (Å²) in [6, 6.07) is 23.4. The lowest BCUT2D eigenvalue weighted by Crippen LogP contribution is -2.44. The van der Waals surface area contributed by atoms with E-state index < -0.39 is 5.41 Å². The van der Waals surface area contributed by atoms with E-state index in [1.807, 2.05) is 60.0 Å². The van der Waals surface area contributed by atoms with Gasteiger partial charge in [-0.25, -0.2) is 4.98 Å². The molecule has 0 saturated carbocycles. The Morgan fingerprint density at radius 3 is 1.98 bits per heavy atom. The molecule has 6 rings (SSSR count). The number of nitriles is 1. The van der Waals surface area contributed by atoms with E-state index in [0.29, 0.717) is 33.8 Å². The number of fused-ring (bicyclic) bond motifs is 2. The predicted octanol–water partition coefficient (Wildman–Crippen LogP) is 7.62. The van der Waals surface area contributed by atoms with Gasteiger partial charge < -0.3 is 9.80 Å². The number of thiazole rings is 1. The zero-order valence-electron chi connectivity index (χ0n) is 22.9. The van der Waals surface area contributed by atoms with Gasteiger partial charge in [-0.1, -0.05) is 65.7 Å². The van der Waals surface area contributed by atoms with Crippen LogP contribution in [0.5, 0.6) is 0 Å². The van der Waals surface area contributed by atoms with E-state index in [4.69, 9.17) is 28.2 Å². The highest BCUT2D eigenvalue weighted by atomic mass is 35.5. The first kappa shape index (κ1) is 28.4. The topological polar surface area (TPSA) is 77.3 Å². The number of benzene rings is 3. The van der Waals surface area contributed by atoms with Crippen LogP contribution in [0.4, 0.5) is 11.4 Å². The molecule has 0 N–H and O–H groups in total. The summed E-state index contributed by atoms with van der Waals surface area (Å²) in [5.74, 6) is -0.385. The summed E-state index contributed by atoms with van der Waals surface area (Å²) < 4.78 is 0. The van der Waals surface area contributed by atoms with Crippen LogP contribution in [0, 0.1) is 11.3 Å². The van der Waals surface area contributed by atoms with Crippen LogP contribution >= 0.6 is 34.5 Å². The molecule has 4 aromatic rings. The van der Waals surface area contributed by atoms with Crippen molar-refractivity contribution in [2.45, 2.75) is 43.9 Å². The molecule has 6 nitrogen and oxygen atoms in total. The maximum absolute atomic E-state index is 14.0. The molecule has 0 unspecified atom stereocenters. The van der Waals surface area contributed by atoms with E-state index in [2.05, 4.69) is 6.07 Å². The zero-order valence-corrected chi connectivity index (χ0v) is 25.2. The number of carbonyl (C=O) groups excluding carboxylic acids is 2. The molecule has 2 aliphatic rings. The van der Waals surface area contributed by atoms with Gasteiger partial charge in [0.1, 0.15) is 10.4 Å². The summed E-state index contributed by atoms with van der Waals surface area (Å²) in [6.07, 6.45) is 3.15. The van der Waals surface area contributed by atoms with Crippen molar-refractivity contribution in [2.75, 3.05) is 22.9 Å². The first-order valence-corrected chi connectivity index (χ1v) is 15.6. The molecule has 42 heavy (non-hydrogen) atoms. The summed E-state index contributed by atoms with van der Waals surface area (Å²) in [5, 5.41) is 13.9. The quantitative estimate of drug-likeness (QED) is 0.224. The van der Waals surface area contributed by atoms with Crippen LogP contribution in [0.25, 0.3) is 11.3 Å². The summed E-state index contributed by atoms with van der Waals surface area (Å²) in [4.78, 5) is 36.4. The Morgan fingerprint density at radius 2 is 1.43 bits per heavy atom. The molecule has 2 amide bonds. The number of rotatable bonds is 6. The molecule has 0 bridgehead atoms. The lowest BCUT2D eigenvalue weighted by Gasteiger charge is -2.34. The molecule has 2 aliphatic heterocycles. The number of amides is 2. The third kappa shape index (κ3) is 5.43. The van der Waals surface area contributed by atoms with Crippen LogP contribution in [0.15, 0.2) is 72.1 Å². The van der Waals surface area contributed by atoms with Crippen LogP contribution in [0.1, 0.15) is 41.8 Å². The SMILES string of the molecule is N#CC(CC(=O)N1CCCc2ccccc21)(CC(=O)N1CCCc2ccccc21)c1nc(-c2ccc(Cl)c(Cl)c2)cs1. The Kier molecular flexibility index (Phi) is 8.04. The molecule has 3 heterocycles. The summed E-state index contributed by atoms with van der Waals surface area (Å²) in [7, 11) is 0. The molecule has 0 aliphatic carbocycles. The first-order valence-electron chi connectivity index (χ1n) is 14.0. The third-order valence-electron chi connectivity index (χ3n) is 8.07. The van der Waals surface area contributed by atoms with E-state index in [1.165, 1.54) is 11.3 Å². The van der Waals surface area contributed by atoms with Gasteiger partial charge in [-0.15, -0.1) is 11.3 Å². The fraction of sp³-hybridized carbons (Fsp3) is 0.273. The zero-order chi connectivity index (χ0) is 29.3. The van der Waals surface area contributed by atoms with Crippen molar-refractivity contribution >= 4 is 57.7 Å². The highest BCUT2D eigenvalue weighted by Gasteiger charge is 2.43. The van der Waals surface area contributed by atoms with E-state index in [-0.39, 0.29) is 24.7 Å². The van der Waals surface area contributed by atoms with Crippen LogP contribution in [0.3, 0.4) is 0 Å². The first-order chi connectivity index (χ1) is 20.4. The van der Waals surface area contributed by atoms with Crippen molar-refractivity contribution in [1.29, 1.82) is 5.26 Å². The summed E-state index contributed by atoms with van der Waals surface area (Å²) in [5.41, 5.74) is 3.85. The number of carbonyl (C=O) groups is 2. The molecular weight excluding hydrogens is 587 g/mol. The lowest BCUT2D eigenvalue weighted by atomic mass is 9.81. The van der Waals surface area contributed by atoms with Gasteiger partial charge in [0, 0.05) is 35.4 Å². The average molecular weight is 616 g/mol. The molecule has 1 aromatic heterocycles. The number of halogens is 2. The second kappa shape index (κ2) is 11.9. The Hall–Kier alpha value is -3.70. The van der Waals surface area contributed by atoms with Crippen molar-refractivity contribution in [2.24, 2.45) is 0 Å². The van der Waals surface area contributed by atoms with Crippen molar-refractivity contribution in [3.05, 3.63) is 98.3 Å². The minimum absolute atomic E-state index is 0.159. The third-order valence-corrected chi connectivity index (χ3v) is 9.86. The molecule has 9 heteroatoms. The van der Waals surface area contributed by atoms with Crippen molar-refractivity contribution in [1.82, 2.24) is 4.98 Å². The lowest BCUT2D eigenvalue weighted by molar-refractivity contribution is -0.121. The normalized spacial score (nSPS) is 14.6. The predicted molar refractivity (Wildman–Crippen MR) is 168 cm³/mol. The van der Waals surface area contributed by atoms with Crippen molar-refractivity contribution in [3.63, 3.8) is 0 Å². The molecule has 3 aromatic carbocycles. The maximum Gasteiger partial charge on any atom is 0.229 e. The standard InChI is InChI=1S/C33H28Cl2N4O2S/c34-25-14-13-24(17-26(25)35)27-20-42-32(37-27)33(21-36,18-30(40)38-15-5-9-22-7-1-3-11-28(22)38)19-31(41)39-16-6-10-23-8-2-4-12-29(23)39/h1-4,7-8,11-14,17,20H,5-6,9-10,15-16,18-19H2. The van der Waals surface area contributed by atoms with Gasteiger partial charge in [0.2, 0.25) is 11.8 Å². The molecular formula is C33H28Cl2N4O2S. The molecule has 0 radical (unpaired) electrons. The number of nitrogens with zero attached hydrogens (tertiary/aromatic N) is 4. The Labute approximate surface area is 259 Å². The fourth-order valence-corrected chi connectivity index (χ4v) is 7.19. The summed E-state index contributed by atoms with van der Waals surface area (Å²) >= 11 is 13.7. The van der Waals surface area contributed by atoms with Gasteiger partial charge in [-0.3, -0.25) is 9.59 Å². The number of hydrogen-bond acceptors (Lipinski definition) is 5. The van der Waals surface area contributed by atoms with Crippen LogP contribution in [-0.4, -0.2) is 29.9 Å². The van der Waals surface area contributed by atoms with E-state index >= 15 is 0 Å². The Bertz CT molecular complexity index is 1640. The van der Waals surface area contributed by atoms with Gasteiger partial charge in [0.15, 0.2) is 0 Å². The van der Waals surface area contributed by atoms with E-state index in [0.717, 1.165) is 53.7 Å². The summed E-state index contributed by atoms with van der Waals surface area (Å²) in [6.45, 7) is 1.13. The van der Waals surface area contributed by atoms with Crippen molar-refractivity contribution < 1.29 is 9.59 Å². The van der Waals surface area contributed by atoms with E-state index in [1.54, 1.807) is 21.9 Å². The molecule has 0 fully saturated rings. The number of aromatic nitrogens is 1. The Morgan fingerprint density at radius 1 is 0.857 bits per heavy atom. The highest BCUT2D eigenvalue weighted by Crippen LogP contribution is 2.40. The van der Waals surface area contributed by atoms with Gasteiger partial charge in [-0.05, 0) is 61.1 Å². The number of para-hydroxylation sites is 2. The second-order valence-corrected chi connectivity index (χ2v) is 12.4. The maximum atomic E-state index is 14.0. The molecule has 0 spiro atoms. The minimum Gasteiger partial charge on any atom is -0.312 e. The Balaban J connectivity index is 1.37. The van der Waals surface area contributed by atoms with Gasteiger partial charge in [0.05, 0.1) is 34.7 Å². The molecule has 0 saturated heterocycles.